The first-order valence-corrected chi connectivity index (χ1v) is 7.02. The average molecular weight is 265 g/mol. The van der Waals surface area contributed by atoms with E-state index < -0.39 is 19.6 Å². The summed E-state index contributed by atoms with van der Waals surface area (Å²) in [4.78, 5) is 30.9. The average Bonchev–Trinajstić information content (AvgIpc) is 2.11. The van der Waals surface area contributed by atoms with Gasteiger partial charge in [0.1, 0.15) is 6.04 Å². The zero-order chi connectivity index (χ0) is 13.6. The SMILES string of the molecule is CCOC(=O)C(C=C(C)CP(=O)(O)O)N(C)C. The lowest BCUT2D eigenvalue weighted by molar-refractivity contribution is -0.146. The summed E-state index contributed by atoms with van der Waals surface area (Å²) in [7, 11) is -0.698. The van der Waals surface area contributed by atoms with Gasteiger partial charge >= 0.3 is 13.6 Å². The van der Waals surface area contributed by atoms with Crippen LogP contribution in [0.5, 0.6) is 0 Å². The Kier molecular flexibility index (Phi) is 6.64. The molecular weight excluding hydrogens is 245 g/mol. The van der Waals surface area contributed by atoms with E-state index in [4.69, 9.17) is 14.5 Å². The summed E-state index contributed by atoms with van der Waals surface area (Å²) in [5.74, 6) is -0.428. The number of likely N-dealkylation sites (N-methyl/N-ethyl adjacent to an activating group) is 1. The second kappa shape index (κ2) is 6.91. The van der Waals surface area contributed by atoms with Crippen LogP contribution in [0.3, 0.4) is 0 Å². The number of allylic oxidation sites excluding steroid dienone is 1. The van der Waals surface area contributed by atoms with Crippen LogP contribution in [0.2, 0.25) is 0 Å². The highest BCUT2D eigenvalue weighted by Gasteiger charge is 2.21. The lowest BCUT2D eigenvalue weighted by Crippen LogP contribution is -2.35. The first-order valence-electron chi connectivity index (χ1n) is 5.22. The quantitative estimate of drug-likeness (QED) is 0.415. The van der Waals surface area contributed by atoms with Crippen LogP contribution in [0.25, 0.3) is 0 Å². The minimum absolute atomic E-state index is 0.272. The van der Waals surface area contributed by atoms with E-state index >= 15 is 0 Å². The third kappa shape index (κ3) is 7.28. The summed E-state index contributed by atoms with van der Waals surface area (Å²) < 4.78 is 15.7. The minimum atomic E-state index is -4.09. The van der Waals surface area contributed by atoms with Gasteiger partial charge in [0.15, 0.2) is 0 Å². The Hall–Kier alpha value is -0.680. The van der Waals surface area contributed by atoms with Crippen LogP contribution in [0.1, 0.15) is 13.8 Å². The maximum Gasteiger partial charge on any atom is 0.329 e. The van der Waals surface area contributed by atoms with Crippen LogP contribution >= 0.6 is 7.60 Å². The van der Waals surface area contributed by atoms with Gasteiger partial charge in [-0.05, 0) is 27.9 Å². The molecule has 6 nitrogen and oxygen atoms in total. The molecule has 0 bridgehead atoms. The van der Waals surface area contributed by atoms with Crippen LogP contribution in [0.15, 0.2) is 11.6 Å². The highest BCUT2D eigenvalue weighted by atomic mass is 31.2. The normalized spacial score (nSPS) is 14.9. The molecule has 0 aliphatic carbocycles. The molecule has 1 atom stereocenters. The Morgan fingerprint density at radius 1 is 1.47 bits per heavy atom. The maximum atomic E-state index is 11.6. The molecule has 0 saturated carbocycles. The molecule has 100 valence electrons. The zero-order valence-corrected chi connectivity index (χ0v) is 11.5. The van der Waals surface area contributed by atoms with Gasteiger partial charge in [0.2, 0.25) is 0 Å². The van der Waals surface area contributed by atoms with Gasteiger partial charge in [-0.3, -0.25) is 14.3 Å². The lowest BCUT2D eigenvalue weighted by atomic mass is 10.2. The van der Waals surface area contributed by atoms with E-state index in [0.29, 0.717) is 5.57 Å². The van der Waals surface area contributed by atoms with Crippen molar-refractivity contribution in [1.29, 1.82) is 0 Å². The molecule has 0 aromatic carbocycles. The second-order valence-electron chi connectivity index (χ2n) is 4.00. The Balaban J connectivity index is 4.80. The van der Waals surface area contributed by atoms with Crippen molar-refractivity contribution in [3.8, 4) is 0 Å². The molecule has 0 radical (unpaired) electrons. The van der Waals surface area contributed by atoms with Gasteiger partial charge in [0, 0.05) is 0 Å². The van der Waals surface area contributed by atoms with E-state index in [1.807, 2.05) is 0 Å². The van der Waals surface area contributed by atoms with E-state index in [1.165, 1.54) is 6.08 Å². The van der Waals surface area contributed by atoms with E-state index in [-0.39, 0.29) is 12.8 Å². The van der Waals surface area contributed by atoms with Gasteiger partial charge in [-0.2, -0.15) is 0 Å². The first-order chi connectivity index (χ1) is 7.67. The molecule has 2 N–H and O–H groups in total. The van der Waals surface area contributed by atoms with Gasteiger partial charge in [0.25, 0.3) is 0 Å². The Labute approximate surface area is 101 Å². The summed E-state index contributed by atoms with van der Waals surface area (Å²) >= 11 is 0. The highest BCUT2D eigenvalue weighted by Crippen LogP contribution is 2.36. The molecule has 0 aliphatic heterocycles. The largest absolute Gasteiger partial charge is 0.465 e. The fourth-order valence-corrected chi connectivity index (χ4v) is 2.06. The lowest BCUT2D eigenvalue weighted by Gasteiger charge is -2.20. The number of ether oxygens (including phenoxy) is 1. The highest BCUT2D eigenvalue weighted by molar-refractivity contribution is 7.52. The summed E-state index contributed by atoms with van der Waals surface area (Å²) in [5.41, 5.74) is 0.463. The Morgan fingerprint density at radius 2 is 2.00 bits per heavy atom. The van der Waals surface area contributed by atoms with E-state index in [0.717, 1.165) is 0 Å². The predicted molar refractivity (Wildman–Crippen MR) is 64.8 cm³/mol. The number of nitrogens with zero attached hydrogens (tertiary/aromatic N) is 1. The Bertz CT molecular complexity index is 334. The van der Waals surface area contributed by atoms with Crippen molar-refractivity contribution in [2.45, 2.75) is 19.9 Å². The van der Waals surface area contributed by atoms with E-state index in [1.54, 1.807) is 32.8 Å². The monoisotopic (exact) mass is 265 g/mol. The topological polar surface area (TPSA) is 87.1 Å². The molecule has 0 heterocycles. The third-order valence-electron chi connectivity index (χ3n) is 1.98. The van der Waals surface area contributed by atoms with Crippen molar-refractivity contribution >= 4 is 13.6 Å². The fraction of sp³-hybridized carbons (Fsp3) is 0.700. The van der Waals surface area contributed by atoms with Crippen LogP contribution in [0, 0.1) is 0 Å². The van der Waals surface area contributed by atoms with Crippen molar-refractivity contribution in [2.75, 3.05) is 26.9 Å². The number of carbonyl (C=O) groups excluding carboxylic acids is 1. The van der Waals surface area contributed by atoms with Crippen LogP contribution in [0.4, 0.5) is 0 Å². The number of esters is 1. The van der Waals surface area contributed by atoms with Crippen molar-refractivity contribution in [1.82, 2.24) is 4.90 Å². The molecule has 0 rings (SSSR count). The number of carbonyl (C=O) groups is 1. The number of hydrogen-bond donors (Lipinski definition) is 2. The fourth-order valence-electron chi connectivity index (χ4n) is 1.30. The number of hydrogen-bond acceptors (Lipinski definition) is 4. The van der Waals surface area contributed by atoms with Crippen LogP contribution in [-0.2, 0) is 14.1 Å². The molecule has 17 heavy (non-hydrogen) atoms. The summed E-state index contributed by atoms with van der Waals surface area (Å²) in [6, 6.07) is -0.624. The summed E-state index contributed by atoms with van der Waals surface area (Å²) in [6.07, 6.45) is 1.16. The van der Waals surface area contributed by atoms with Gasteiger partial charge in [0.05, 0.1) is 12.8 Å². The molecule has 1 unspecified atom stereocenters. The van der Waals surface area contributed by atoms with Gasteiger partial charge in [-0.1, -0.05) is 11.6 Å². The van der Waals surface area contributed by atoms with Crippen molar-refractivity contribution in [3.05, 3.63) is 11.6 Å². The molecule has 0 fully saturated rings. The standard InChI is InChI=1S/C10H20NO5P/c1-5-16-10(12)9(11(3)4)6-8(2)7-17(13,14)15/h6,9H,5,7H2,1-4H3,(H2,13,14,15). The van der Waals surface area contributed by atoms with E-state index in [2.05, 4.69) is 0 Å². The molecule has 0 saturated heterocycles. The molecule has 0 amide bonds. The van der Waals surface area contributed by atoms with Crippen LogP contribution in [-0.4, -0.2) is 53.6 Å². The second-order valence-corrected chi connectivity index (χ2v) is 5.64. The van der Waals surface area contributed by atoms with Crippen molar-refractivity contribution < 1.29 is 23.9 Å². The molecule has 7 heteroatoms. The van der Waals surface area contributed by atoms with Gasteiger partial charge in [-0.15, -0.1) is 0 Å². The minimum Gasteiger partial charge on any atom is -0.465 e. The third-order valence-corrected chi connectivity index (χ3v) is 2.89. The molecule has 0 spiro atoms. The molecular formula is C10H20NO5P. The maximum absolute atomic E-state index is 11.6. The van der Waals surface area contributed by atoms with Crippen LogP contribution < -0.4 is 0 Å². The Morgan fingerprint density at radius 3 is 2.35 bits per heavy atom. The van der Waals surface area contributed by atoms with Crippen molar-refractivity contribution in [3.63, 3.8) is 0 Å². The molecule has 0 aromatic heterocycles. The zero-order valence-electron chi connectivity index (χ0n) is 10.6. The van der Waals surface area contributed by atoms with Gasteiger partial charge in [-0.25, -0.2) is 0 Å². The smallest absolute Gasteiger partial charge is 0.329 e. The number of rotatable bonds is 6. The van der Waals surface area contributed by atoms with Gasteiger partial charge < -0.3 is 14.5 Å². The summed E-state index contributed by atoms with van der Waals surface area (Å²) in [5, 5.41) is 0. The van der Waals surface area contributed by atoms with E-state index in [9.17, 15) is 9.36 Å². The summed E-state index contributed by atoms with van der Waals surface area (Å²) in [6.45, 7) is 3.56. The van der Waals surface area contributed by atoms with Crippen molar-refractivity contribution in [2.24, 2.45) is 0 Å². The predicted octanol–water partition coefficient (Wildman–Crippen LogP) is 0.604. The molecule has 0 aromatic rings. The first kappa shape index (κ1) is 16.3. The molecule has 0 aliphatic rings.